The Kier molecular flexibility index (Phi) is 4.49. The number of nitrogens with one attached hydrogen (secondary N) is 2. The number of aromatic nitrogens is 5. The Balaban J connectivity index is 1.49. The van der Waals surface area contributed by atoms with E-state index < -0.39 is 23.5 Å². The maximum absolute atomic E-state index is 14.2. The summed E-state index contributed by atoms with van der Waals surface area (Å²) in [6, 6.07) is 1.75. The van der Waals surface area contributed by atoms with E-state index in [4.69, 9.17) is 0 Å². The van der Waals surface area contributed by atoms with Crippen molar-refractivity contribution >= 4 is 33.9 Å². The highest BCUT2D eigenvalue weighted by atomic mass is 19.1. The summed E-state index contributed by atoms with van der Waals surface area (Å²) in [4.78, 5) is 32.7. The van der Waals surface area contributed by atoms with Gasteiger partial charge in [0.1, 0.15) is 17.2 Å². The SMILES string of the molecule is O=C(O)[C@H]1C2CCC(CC2)[C@@H]1Nc1nc(-c2c[nH]c3c(F)cc(F)cc23)nc2nccnc12. The summed E-state index contributed by atoms with van der Waals surface area (Å²) in [5, 5.41) is 13.6. The van der Waals surface area contributed by atoms with Crippen LogP contribution in [0.1, 0.15) is 25.7 Å². The molecule has 0 aliphatic heterocycles. The van der Waals surface area contributed by atoms with Gasteiger partial charge >= 0.3 is 5.97 Å². The van der Waals surface area contributed by atoms with Gasteiger partial charge in [0.05, 0.1) is 11.4 Å². The number of benzene rings is 1. The Labute approximate surface area is 186 Å². The van der Waals surface area contributed by atoms with E-state index in [-0.39, 0.29) is 29.2 Å². The minimum Gasteiger partial charge on any atom is -0.481 e. The van der Waals surface area contributed by atoms with Crippen molar-refractivity contribution in [1.82, 2.24) is 24.9 Å². The number of halogens is 2. The lowest BCUT2D eigenvalue weighted by atomic mass is 9.61. The number of aliphatic carboxylic acids is 1. The molecule has 3 aliphatic carbocycles. The number of carboxylic acids is 1. The molecule has 0 radical (unpaired) electrons. The van der Waals surface area contributed by atoms with Gasteiger partial charge < -0.3 is 15.4 Å². The molecule has 4 aromatic rings. The maximum Gasteiger partial charge on any atom is 0.308 e. The van der Waals surface area contributed by atoms with Crippen LogP contribution in [0.2, 0.25) is 0 Å². The smallest absolute Gasteiger partial charge is 0.308 e. The normalized spacial score (nSPS) is 24.4. The van der Waals surface area contributed by atoms with Crippen molar-refractivity contribution in [3.63, 3.8) is 0 Å². The topological polar surface area (TPSA) is 117 Å². The van der Waals surface area contributed by atoms with E-state index in [1.807, 2.05) is 0 Å². The molecule has 3 fully saturated rings. The number of carbonyl (C=O) groups is 1. The quantitative estimate of drug-likeness (QED) is 0.428. The third-order valence-electron chi connectivity index (χ3n) is 7.09. The highest BCUT2D eigenvalue weighted by Gasteiger charge is 2.47. The molecule has 0 spiro atoms. The minimum atomic E-state index is -0.811. The zero-order valence-corrected chi connectivity index (χ0v) is 17.4. The molecule has 2 bridgehead atoms. The van der Waals surface area contributed by atoms with Crippen molar-refractivity contribution < 1.29 is 18.7 Å². The Morgan fingerprint density at radius 1 is 1.06 bits per heavy atom. The number of H-pyrrole nitrogens is 1. The van der Waals surface area contributed by atoms with Crippen LogP contribution in [0.25, 0.3) is 33.5 Å². The number of anilines is 1. The van der Waals surface area contributed by atoms with Gasteiger partial charge in [0.2, 0.25) is 0 Å². The van der Waals surface area contributed by atoms with Crippen LogP contribution in [0.3, 0.4) is 0 Å². The standard InChI is InChI=1S/C23H20F2N6O2/c24-12-7-13-14(9-28-18(13)15(25)8-12)20-30-21-19(26-5-6-27-21)22(31-20)29-17-11-3-1-10(2-4-11)16(17)23(32)33/h5-11,16-17,28H,1-4H2,(H,32,33)(H,27,29,30,31)/t10?,11?,16-,17-/m0/s1. The first kappa shape index (κ1) is 20.0. The lowest BCUT2D eigenvalue weighted by molar-refractivity contribution is -0.148. The number of hydrogen-bond acceptors (Lipinski definition) is 6. The van der Waals surface area contributed by atoms with Gasteiger partial charge in [-0.1, -0.05) is 0 Å². The summed E-state index contributed by atoms with van der Waals surface area (Å²) in [6.07, 6.45) is 8.32. The van der Waals surface area contributed by atoms with E-state index in [0.29, 0.717) is 27.9 Å². The minimum absolute atomic E-state index is 0.128. The maximum atomic E-state index is 14.2. The second kappa shape index (κ2) is 7.43. The van der Waals surface area contributed by atoms with Gasteiger partial charge in [0.25, 0.3) is 0 Å². The predicted octanol–water partition coefficient (Wildman–Crippen LogP) is 4.15. The highest BCUT2D eigenvalue weighted by Crippen LogP contribution is 2.46. The first-order valence-electron chi connectivity index (χ1n) is 10.9. The van der Waals surface area contributed by atoms with Crippen molar-refractivity contribution in [2.24, 2.45) is 17.8 Å². The zero-order valence-electron chi connectivity index (χ0n) is 17.4. The predicted molar refractivity (Wildman–Crippen MR) is 116 cm³/mol. The number of aromatic amines is 1. The van der Waals surface area contributed by atoms with E-state index in [9.17, 15) is 18.7 Å². The third kappa shape index (κ3) is 3.20. The first-order chi connectivity index (χ1) is 16.0. The summed E-state index contributed by atoms with van der Waals surface area (Å²) >= 11 is 0. The number of rotatable bonds is 4. The van der Waals surface area contributed by atoms with Crippen LogP contribution in [-0.2, 0) is 4.79 Å². The van der Waals surface area contributed by atoms with Crippen LogP contribution in [0.5, 0.6) is 0 Å². The van der Waals surface area contributed by atoms with E-state index in [1.54, 1.807) is 0 Å². The van der Waals surface area contributed by atoms with Crippen molar-refractivity contribution in [3.8, 4) is 11.4 Å². The molecular formula is C23H20F2N6O2. The van der Waals surface area contributed by atoms with Crippen molar-refractivity contribution in [1.29, 1.82) is 0 Å². The van der Waals surface area contributed by atoms with Crippen LogP contribution < -0.4 is 5.32 Å². The molecule has 3 N–H and O–H groups in total. The van der Waals surface area contributed by atoms with E-state index in [1.165, 1.54) is 24.7 Å². The van der Waals surface area contributed by atoms with Crippen LogP contribution in [0, 0.1) is 29.4 Å². The Bertz CT molecular complexity index is 1400. The molecule has 0 amide bonds. The average Bonchev–Trinajstić information content (AvgIpc) is 3.23. The van der Waals surface area contributed by atoms with Gasteiger partial charge in [-0.2, -0.15) is 0 Å². The molecule has 3 aromatic heterocycles. The van der Waals surface area contributed by atoms with E-state index in [2.05, 4.69) is 30.2 Å². The third-order valence-corrected chi connectivity index (χ3v) is 7.09. The van der Waals surface area contributed by atoms with Crippen LogP contribution >= 0.6 is 0 Å². The van der Waals surface area contributed by atoms with Gasteiger partial charge in [-0.3, -0.25) is 4.79 Å². The highest BCUT2D eigenvalue weighted by molar-refractivity contribution is 5.96. The number of carboxylic acid groups (broad SMARTS) is 1. The molecule has 3 heterocycles. The summed E-state index contributed by atoms with van der Waals surface area (Å²) < 4.78 is 28.2. The largest absolute Gasteiger partial charge is 0.481 e. The molecule has 1 aromatic carbocycles. The van der Waals surface area contributed by atoms with Crippen molar-refractivity contribution in [2.45, 2.75) is 31.7 Å². The molecule has 33 heavy (non-hydrogen) atoms. The summed E-state index contributed by atoms with van der Waals surface area (Å²) in [7, 11) is 0. The number of hydrogen-bond donors (Lipinski definition) is 3. The molecule has 0 unspecified atom stereocenters. The van der Waals surface area contributed by atoms with Crippen LogP contribution in [0.15, 0.2) is 30.7 Å². The van der Waals surface area contributed by atoms with Crippen LogP contribution in [-0.4, -0.2) is 42.0 Å². The van der Waals surface area contributed by atoms with Crippen molar-refractivity contribution in [3.05, 3.63) is 42.4 Å². The van der Waals surface area contributed by atoms with Gasteiger partial charge in [-0.05, 0) is 43.6 Å². The first-order valence-corrected chi connectivity index (χ1v) is 10.9. The fraction of sp³-hybridized carbons (Fsp3) is 0.348. The lowest BCUT2D eigenvalue weighted by Gasteiger charge is -2.47. The fourth-order valence-corrected chi connectivity index (χ4v) is 5.59. The van der Waals surface area contributed by atoms with Crippen molar-refractivity contribution in [2.75, 3.05) is 5.32 Å². The molecule has 3 aliphatic rings. The molecule has 168 valence electrons. The number of nitrogens with zero attached hydrogens (tertiary/aromatic N) is 4. The second-order valence-corrected chi connectivity index (χ2v) is 8.85. The average molecular weight is 450 g/mol. The zero-order chi connectivity index (χ0) is 22.7. The van der Waals surface area contributed by atoms with Gasteiger partial charge in [0, 0.05) is 41.6 Å². The number of fused-ring (bicyclic) bond motifs is 5. The van der Waals surface area contributed by atoms with Crippen LogP contribution in [0.4, 0.5) is 14.6 Å². The molecular weight excluding hydrogens is 430 g/mol. The summed E-state index contributed by atoms with van der Waals surface area (Å²) in [5.41, 5.74) is 1.30. The Morgan fingerprint density at radius 3 is 2.61 bits per heavy atom. The molecule has 2 atom stereocenters. The second-order valence-electron chi connectivity index (χ2n) is 8.85. The van der Waals surface area contributed by atoms with Gasteiger partial charge in [-0.25, -0.2) is 28.7 Å². The lowest BCUT2D eigenvalue weighted by Crippen LogP contribution is -2.51. The van der Waals surface area contributed by atoms with Gasteiger partial charge in [-0.15, -0.1) is 0 Å². The summed E-state index contributed by atoms with van der Waals surface area (Å²) in [6.45, 7) is 0. The Hall–Kier alpha value is -3.69. The summed E-state index contributed by atoms with van der Waals surface area (Å²) in [5.74, 6) is -1.80. The monoisotopic (exact) mass is 450 g/mol. The Morgan fingerprint density at radius 2 is 1.82 bits per heavy atom. The fourth-order valence-electron chi connectivity index (χ4n) is 5.59. The molecule has 10 heteroatoms. The molecule has 3 saturated carbocycles. The van der Waals surface area contributed by atoms with E-state index in [0.717, 1.165) is 31.7 Å². The van der Waals surface area contributed by atoms with E-state index >= 15 is 0 Å². The molecule has 0 saturated heterocycles. The molecule has 7 rings (SSSR count). The molecule has 8 nitrogen and oxygen atoms in total. The van der Waals surface area contributed by atoms with Gasteiger partial charge in [0.15, 0.2) is 17.3 Å².